The van der Waals surface area contributed by atoms with E-state index in [0.29, 0.717) is 55.0 Å². The standard InChI is InChI=1S/C15H20N2O3.C10H12O3.C4H9NO.CN.Na/c1-3-20-15-10-12(4-5-14(15)18-2)13(11-16)17-6-8-19-9-7-17;1-3-13-10-6-8(7-11)4-5-9(10)12-2;1-3-6-4-2-5-1;1-2;/h4-5,10,13H,3,6-9H2,1-2H3;4-7H,3H2,1-2H3;5H,1-4H2;;/q;;;-1;+1. The molecule has 1 N–H and O–H groups in total. The van der Waals surface area contributed by atoms with Crippen molar-refractivity contribution in [1.29, 1.82) is 10.5 Å². The Morgan fingerprint density at radius 1 is 0.905 bits per heavy atom. The van der Waals surface area contributed by atoms with Gasteiger partial charge in [-0.3, -0.25) is 9.69 Å². The second-order valence-corrected chi connectivity index (χ2v) is 8.35. The molecule has 42 heavy (non-hydrogen) atoms. The van der Waals surface area contributed by atoms with Crippen molar-refractivity contribution in [3.8, 4) is 29.1 Å². The molecule has 2 aliphatic heterocycles. The van der Waals surface area contributed by atoms with Crippen LogP contribution in [0.2, 0.25) is 0 Å². The smallest absolute Gasteiger partial charge is 0.512 e. The summed E-state index contributed by atoms with van der Waals surface area (Å²) in [4.78, 5) is 12.6. The molecule has 2 aliphatic rings. The summed E-state index contributed by atoms with van der Waals surface area (Å²) in [5.41, 5.74) is 1.52. The van der Waals surface area contributed by atoms with Gasteiger partial charge in [0, 0.05) is 31.7 Å². The van der Waals surface area contributed by atoms with Crippen molar-refractivity contribution in [3.05, 3.63) is 54.1 Å². The molecule has 2 aromatic rings. The third-order valence-electron chi connectivity index (χ3n) is 5.81. The number of nitrogens with one attached hydrogen (secondary N) is 1. The molecule has 1 unspecified atom stereocenters. The number of hydrogen-bond acceptors (Lipinski definition) is 11. The molecule has 0 amide bonds. The van der Waals surface area contributed by atoms with E-state index in [1.54, 1.807) is 32.4 Å². The number of nitriles is 1. The first-order chi connectivity index (χ1) is 20.1. The summed E-state index contributed by atoms with van der Waals surface area (Å²) in [7, 11) is 3.18. The molecule has 0 aromatic heterocycles. The maximum Gasteiger partial charge on any atom is 1.00 e. The van der Waals surface area contributed by atoms with Crippen LogP contribution in [0.4, 0.5) is 0 Å². The second kappa shape index (κ2) is 24.7. The quantitative estimate of drug-likeness (QED) is 0.249. The number of carbonyl (C=O) groups excluding carboxylic acids is 1. The zero-order valence-corrected chi connectivity index (χ0v) is 27.4. The summed E-state index contributed by atoms with van der Waals surface area (Å²) in [6.07, 6.45) is 0.780. The van der Waals surface area contributed by atoms with Crippen LogP contribution in [0.3, 0.4) is 0 Å². The second-order valence-electron chi connectivity index (χ2n) is 8.35. The van der Waals surface area contributed by atoms with Gasteiger partial charge in [0.2, 0.25) is 0 Å². The van der Waals surface area contributed by atoms with E-state index in [9.17, 15) is 10.1 Å². The predicted molar refractivity (Wildman–Crippen MR) is 153 cm³/mol. The molecule has 2 saturated heterocycles. The van der Waals surface area contributed by atoms with Gasteiger partial charge in [0.05, 0.1) is 59.9 Å². The normalized spacial score (nSPS) is 14.6. The van der Waals surface area contributed by atoms with Crippen LogP contribution in [-0.2, 0) is 9.47 Å². The van der Waals surface area contributed by atoms with Gasteiger partial charge < -0.3 is 45.6 Å². The van der Waals surface area contributed by atoms with Crippen LogP contribution in [0, 0.1) is 23.2 Å². The zero-order valence-electron chi connectivity index (χ0n) is 25.4. The number of nitrogens with zero attached hydrogens (tertiary/aromatic N) is 3. The summed E-state index contributed by atoms with van der Waals surface area (Å²) in [6, 6.07) is 12.8. The average Bonchev–Trinajstić information content (AvgIpc) is 3.05. The summed E-state index contributed by atoms with van der Waals surface area (Å²) >= 11 is 0. The number of carbonyl (C=O) groups is 1. The Labute approximate surface area is 271 Å². The average molecular weight is 593 g/mol. The number of aldehydes is 1. The van der Waals surface area contributed by atoms with Gasteiger partial charge in [-0.15, -0.1) is 0 Å². The molecule has 2 heterocycles. The summed E-state index contributed by atoms with van der Waals surface area (Å²) in [5, 5.41) is 18.9. The maximum absolute atomic E-state index is 10.5. The number of ether oxygens (including phenoxy) is 6. The molecule has 1 atom stereocenters. The van der Waals surface area contributed by atoms with Crippen molar-refractivity contribution < 1.29 is 62.8 Å². The van der Waals surface area contributed by atoms with E-state index in [4.69, 9.17) is 40.3 Å². The molecule has 12 heteroatoms. The van der Waals surface area contributed by atoms with Crippen molar-refractivity contribution in [2.75, 3.05) is 80.0 Å². The van der Waals surface area contributed by atoms with Crippen LogP contribution < -0.4 is 53.8 Å². The third-order valence-corrected chi connectivity index (χ3v) is 5.81. The van der Waals surface area contributed by atoms with E-state index < -0.39 is 0 Å². The number of benzene rings is 2. The Morgan fingerprint density at radius 2 is 1.43 bits per heavy atom. The Bertz CT molecular complexity index is 1060. The fraction of sp³-hybridized carbons (Fsp3) is 0.500. The predicted octanol–water partition coefficient (Wildman–Crippen LogP) is 0.604. The number of rotatable bonds is 9. The molecular weight excluding hydrogens is 551 g/mol. The van der Waals surface area contributed by atoms with E-state index in [1.807, 2.05) is 32.0 Å². The van der Waals surface area contributed by atoms with Crippen LogP contribution in [0.15, 0.2) is 36.4 Å². The van der Waals surface area contributed by atoms with Gasteiger partial charge in [-0.1, -0.05) is 6.07 Å². The van der Waals surface area contributed by atoms with Gasteiger partial charge in [-0.2, -0.15) is 5.26 Å². The first kappa shape index (κ1) is 39.1. The van der Waals surface area contributed by atoms with Crippen molar-refractivity contribution in [3.63, 3.8) is 0 Å². The van der Waals surface area contributed by atoms with E-state index in [0.717, 1.165) is 51.2 Å². The van der Waals surface area contributed by atoms with Gasteiger partial charge in [0.25, 0.3) is 0 Å². The monoisotopic (exact) mass is 592 g/mol. The van der Waals surface area contributed by atoms with Gasteiger partial charge >= 0.3 is 29.6 Å². The minimum Gasteiger partial charge on any atom is -0.512 e. The van der Waals surface area contributed by atoms with E-state index in [-0.39, 0.29) is 35.6 Å². The van der Waals surface area contributed by atoms with E-state index >= 15 is 0 Å². The zero-order chi connectivity index (χ0) is 30.3. The molecule has 11 nitrogen and oxygen atoms in total. The summed E-state index contributed by atoms with van der Waals surface area (Å²) in [5.74, 6) is 2.62. The van der Waals surface area contributed by atoms with Crippen molar-refractivity contribution >= 4 is 6.29 Å². The number of hydrogen-bond donors (Lipinski definition) is 1. The number of morpholine rings is 2. The molecule has 2 fully saturated rings. The van der Waals surface area contributed by atoms with Crippen LogP contribution in [0.1, 0.15) is 35.8 Å². The molecule has 0 bridgehead atoms. The molecule has 224 valence electrons. The molecule has 0 spiro atoms. The fourth-order valence-electron chi connectivity index (χ4n) is 3.88. The minimum absolute atomic E-state index is 0. The Hall–Kier alpha value is -2.87. The van der Waals surface area contributed by atoms with Gasteiger partial charge in [-0.25, -0.2) is 0 Å². The SMILES string of the molecule is C1COCCN1.CCOc1cc(C(C#N)N2CCOCC2)ccc1OC.CCOc1cc(C=O)ccc1OC.[C-]#N.[Na+]. The maximum atomic E-state index is 10.5. The topological polar surface area (TPSA) is 135 Å². The Balaban J connectivity index is 0.000000654. The fourth-order valence-corrected chi connectivity index (χ4v) is 3.88. The molecular formula is C30H41N4NaO7. The largest absolute Gasteiger partial charge is 1.00 e. The summed E-state index contributed by atoms with van der Waals surface area (Å²) < 4.78 is 31.5. The molecule has 4 rings (SSSR count). The van der Waals surface area contributed by atoms with Crippen molar-refractivity contribution in [2.24, 2.45) is 0 Å². The van der Waals surface area contributed by atoms with Crippen molar-refractivity contribution in [1.82, 2.24) is 10.2 Å². The third kappa shape index (κ3) is 13.9. The van der Waals surface area contributed by atoms with Gasteiger partial charge in [0.1, 0.15) is 12.3 Å². The molecule has 0 radical (unpaired) electrons. The van der Waals surface area contributed by atoms with E-state index in [1.165, 1.54) is 0 Å². The Morgan fingerprint density at radius 3 is 1.86 bits per heavy atom. The van der Waals surface area contributed by atoms with Crippen LogP contribution in [0.25, 0.3) is 0 Å². The first-order valence-corrected chi connectivity index (χ1v) is 13.4. The summed E-state index contributed by atoms with van der Waals surface area (Å²) in [6.45, 7) is 16.4. The minimum atomic E-state index is -0.274. The van der Waals surface area contributed by atoms with Crippen molar-refractivity contribution in [2.45, 2.75) is 19.9 Å². The molecule has 2 aromatic carbocycles. The number of methoxy groups -OCH3 is 2. The van der Waals surface area contributed by atoms with Crippen LogP contribution >= 0.6 is 0 Å². The molecule has 0 aliphatic carbocycles. The van der Waals surface area contributed by atoms with Gasteiger partial charge in [-0.05, 0) is 49.7 Å². The van der Waals surface area contributed by atoms with Gasteiger partial charge in [0.15, 0.2) is 23.0 Å². The van der Waals surface area contributed by atoms with Crippen LogP contribution in [0.5, 0.6) is 23.0 Å². The molecule has 0 saturated carbocycles. The first-order valence-electron chi connectivity index (χ1n) is 13.4. The van der Waals surface area contributed by atoms with E-state index in [2.05, 4.69) is 16.3 Å². The Kier molecular flexibility index (Phi) is 23.0. The van der Waals surface area contributed by atoms with Crippen LogP contribution in [-0.4, -0.2) is 91.2 Å².